The van der Waals surface area contributed by atoms with E-state index in [4.69, 9.17) is 14.2 Å². The molecule has 2 fully saturated rings. The lowest BCUT2D eigenvalue weighted by Gasteiger charge is -2.52. The van der Waals surface area contributed by atoms with Crippen molar-refractivity contribution in [2.45, 2.75) is 38.5 Å². The van der Waals surface area contributed by atoms with Crippen LogP contribution < -0.4 is 4.74 Å². The van der Waals surface area contributed by atoms with Crippen LogP contribution in [0.25, 0.3) is 11.8 Å². The number of morpholine rings is 2. The predicted octanol–water partition coefficient (Wildman–Crippen LogP) is 4.59. The Balaban J connectivity index is 1.52. The molecule has 1 amide bonds. The summed E-state index contributed by atoms with van der Waals surface area (Å²) in [6, 6.07) is 8.25. The maximum Gasteiger partial charge on any atom is 0.290 e. The maximum absolute atomic E-state index is 14.0. The fourth-order valence-electron chi connectivity index (χ4n) is 4.84. The Morgan fingerprint density at radius 1 is 1.14 bits per heavy atom. The lowest BCUT2D eigenvalue weighted by molar-refractivity contribution is -0.184. The van der Waals surface area contributed by atoms with Crippen LogP contribution in [0.3, 0.4) is 0 Å². The minimum Gasteiger partial charge on any atom is -0.495 e. The SMILES string of the molecule is COc1cc(/C=C2/OC(C)(C)[C@H]3COCC(c4ccc(F)c(F)c4)N3C2=O)ccc1-n1ccnc1C. The Morgan fingerprint density at radius 3 is 2.64 bits per heavy atom. The number of imidazole rings is 1. The van der Waals surface area contributed by atoms with Crippen molar-refractivity contribution in [1.29, 1.82) is 0 Å². The Morgan fingerprint density at radius 2 is 1.94 bits per heavy atom. The molecule has 3 heterocycles. The largest absolute Gasteiger partial charge is 0.495 e. The van der Waals surface area contributed by atoms with Crippen molar-refractivity contribution in [2.24, 2.45) is 0 Å². The van der Waals surface area contributed by atoms with E-state index in [0.29, 0.717) is 16.9 Å². The zero-order valence-electron chi connectivity index (χ0n) is 20.5. The third-order valence-electron chi connectivity index (χ3n) is 6.76. The van der Waals surface area contributed by atoms with Crippen molar-refractivity contribution >= 4 is 12.0 Å². The normalized spacial score (nSPS) is 22.3. The van der Waals surface area contributed by atoms with Gasteiger partial charge in [0.05, 0.1) is 38.1 Å². The van der Waals surface area contributed by atoms with Crippen molar-refractivity contribution < 1.29 is 27.8 Å². The Bertz CT molecular complexity index is 1350. The highest BCUT2D eigenvalue weighted by Gasteiger charge is 2.50. The molecule has 3 aromatic rings. The van der Waals surface area contributed by atoms with Crippen molar-refractivity contribution in [3.05, 3.63) is 83.1 Å². The molecule has 0 radical (unpaired) electrons. The molecule has 2 saturated heterocycles. The summed E-state index contributed by atoms with van der Waals surface area (Å²) < 4.78 is 47.1. The second-order valence-corrected chi connectivity index (χ2v) is 9.44. The number of ether oxygens (including phenoxy) is 3. The van der Waals surface area contributed by atoms with E-state index >= 15 is 0 Å². The molecule has 9 heteroatoms. The van der Waals surface area contributed by atoms with Gasteiger partial charge in [-0.25, -0.2) is 13.8 Å². The smallest absolute Gasteiger partial charge is 0.290 e. The van der Waals surface area contributed by atoms with Crippen molar-refractivity contribution in [1.82, 2.24) is 14.5 Å². The molecule has 1 aromatic heterocycles. The molecule has 2 aliphatic rings. The summed E-state index contributed by atoms with van der Waals surface area (Å²) in [5.41, 5.74) is 1.21. The highest BCUT2D eigenvalue weighted by Crippen LogP contribution is 2.40. The average Bonchev–Trinajstić information content (AvgIpc) is 3.29. The number of carbonyl (C=O) groups excluding carboxylic acids is 1. The van der Waals surface area contributed by atoms with Gasteiger partial charge >= 0.3 is 0 Å². The number of aromatic nitrogens is 2. The number of rotatable bonds is 4. The second kappa shape index (κ2) is 9.05. The van der Waals surface area contributed by atoms with Crippen LogP contribution in [0, 0.1) is 18.6 Å². The molecule has 0 bridgehead atoms. The van der Waals surface area contributed by atoms with Crippen LogP contribution in [0.5, 0.6) is 5.75 Å². The minimum atomic E-state index is -0.967. The Hall–Kier alpha value is -3.72. The molecule has 0 saturated carbocycles. The average molecular weight is 496 g/mol. The topological polar surface area (TPSA) is 65.8 Å². The van der Waals surface area contributed by atoms with Crippen LogP contribution in [-0.2, 0) is 14.3 Å². The molecular formula is C27H27F2N3O4. The van der Waals surface area contributed by atoms with E-state index in [2.05, 4.69) is 4.98 Å². The van der Waals surface area contributed by atoms with Crippen molar-refractivity contribution in [3.63, 3.8) is 0 Å². The first kappa shape index (κ1) is 24.0. The summed E-state index contributed by atoms with van der Waals surface area (Å²) in [7, 11) is 1.58. The van der Waals surface area contributed by atoms with Crippen LogP contribution >= 0.6 is 0 Å². The van der Waals surface area contributed by atoms with Crippen LogP contribution in [0.1, 0.15) is 36.8 Å². The predicted molar refractivity (Wildman–Crippen MR) is 129 cm³/mol. The van der Waals surface area contributed by atoms with Gasteiger partial charge in [-0.3, -0.25) is 4.79 Å². The third kappa shape index (κ3) is 4.13. The molecule has 188 valence electrons. The van der Waals surface area contributed by atoms with E-state index in [1.807, 2.05) is 49.7 Å². The summed E-state index contributed by atoms with van der Waals surface area (Å²) in [5, 5.41) is 0. The molecule has 5 rings (SSSR count). The van der Waals surface area contributed by atoms with Crippen molar-refractivity contribution in [2.75, 3.05) is 20.3 Å². The summed E-state index contributed by atoms with van der Waals surface area (Å²) in [6.45, 7) is 6.11. The first-order valence-corrected chi connectivity index (χ1v) is 11.6. The highest BCUT2D eigenvalue weighted by atomic mass is 19.2. The standard InChI is InChI=1S/C27H27F2N3O4/c1-16-30-9-10-31(16)21-8-5-17(11-23(21)34-4)12-24-26(33)32-22(18-6-7-19(28)20(29)13-18)14-35-15-25(32)27(2,3)36-24/h5-13,22,25H,14-15H2,1-4H3/b24-12+/t22?,25-/m1/s1. The monoisotopic (exact) mass is 495 g/mol. The number of hydrogen-bond donors (Lipinski definition) is 0. The van der Waals surface area contributed by atoms with Crippen LogP contribution in [-0.4, -0.2) is 52.3 Å². The summed E-state index contributed by atoms with van der Waals surface area (Å²) in [5.74, 6) is -0.675. The Labute approximate surface area is 207 Å². The lowest BCUT2D eigenvalue weighted by Crippen LogP contribution is -2.64. The van der Waals surface area contributed by atoms with Gasteiger partial charge in [-0.15, -0.1) is 0 Å². The summed E-state index contributed by atoms with van der Waals surface area (Å²) >= 11 is 0. The minimum absolute atomic E-state index is 0.152. The maximum atomic E-state index is 14.0. The first-order valence-electron chi connectivity index (χ1n) is 11.6. The summed E-state index contributed by atoms with van der Waals surface area (Å²) in [6.07, 6.45) is 5.23. The van der Waals surface area contributed by atoms with E-state index in [1.54, 1.807) is 24.3 Å². The van der Waals surface area contributed by atoms with E-state index in [1.165, 1.54) is 6.07 Å². The number of benzene rings is 2. The van der Waals surface area contributed by atoms with E-state index in [0.717, 1.165) is 23.6 Å². The van der Waals surface area contributed by atoms with Gasteiger partial charge in [-0.2, -0.15) is 0 Å². The van der Waals surface area contributed by atoms with Gasteiger partial charge in [0.15, 0.2) is 17.4 Å². The van der Waals surface area contributed by atoms with Gasteiger partial charge in [0.25, 0.3) is 5.91 Å². The highest BCUT2D eigenvalue weighted by molar-refractivity contribution is 5.97. The summed E-state index contributed by atoms with van der Waals surface area (Å²) in [4.78, 5) is 19.6. The van der Waals surface area contributed by atoms with E-state index in [9.17, 15) is 13.6 Å². The number of methoxy groups -OCH3 is 1. The van der Waals surface area contributed by atoms with Gasteiger partial charge in [0, 0.05) is 12.4 Å². The van der Waals surface area contributed by atoms with Gasteiger partial charge in [-0.05, 0) is 62.2 Å². The molecule has 2 aliphatic heterocycles. The van der Waals surface area contributed by atoms with Crippen molar-refractivity contribution in [3.8, 4) is 11.4 Å². The molecule has 7 nitrogen and oxygen atoms in total. The molecule has 36 heavy (non-hydrogen) atoms. The Kier molecular flexibility index (Phi) is 6.04. The number of carbonyl (C=O) groups is 1. The molecular weight excluding hydrogens is 468 g/mol. The third-order valence-corrected chi connectivity index (χ3v) is 6.76. The molecule has 0 aliphatic carbocycles. The van der Waals surface area contributed by atoms with Crippen LogP contribution in [0.2, 0.25) is 0 Å². The molecule has 0 N–H and O–H groups in total. The van der Waals surface area contributed by atoms with Gasteiger partial charge in [0.1, 0.15) is 17.2 Å². The van der Waals surface area contributed by atoms with Gasteiger partial charge in [-0.1, -0.05) is 12.1 Å². The van der Waals surface area contributed by atoms with E-state index in [-0.39, 0.29) is 24.9 Å². The number of fused-ring (bicyclic) bond motifs is 1. The zero-order chi connectivity index (χ0) is 25.6. The molecule has 1 unspecified atom stereocenters. The molecule has 2 aromatic carbocycles. The number of halogens is 2. The molecule has 2 atom stereocenters. The quantitative estimate of drug-likeness (QED) is 0.496. The van der Waals surface area contributed by atoms with Gasteiger partial charge in [0.2, 0.25) is 0 Å². The van der Waals surface area contributed by atoms with Crippen LogP contribution in [0.4, 0.5) is 8.78 Å². The number of hydrogen-bond acceptors (Lipinski definition) is 5. The zero-order valence-corrected chi connectivity index (χ0v) is 20.5. The van der Waals surface area contributed by atoms with Gasteiger partial charge < -0.3 is 23.7 Å². The number of aryl methyl sites for hydroxylation is 1. The fraction of sp³-hybridized carbons (Fsp3) is 0.333. The first-order chi connectivity index (χ1) is 17.2. The second-order valence-electron chi connectivity index (χ2n) is 9.44. The number of amides is 1. The van der Waals surface area contributed by atoms with Crippen LogP contribution in [0.15, 0.2) is 54.6 Å². The number of nitrogens with zero attached hydrogens (tertiary/aromatic N) is 3. The fourth-order valence-corrected chi connectivity index (χ4v) is 4.84. The van der Waals surface area contributed by atoms with E-state index < -0.39 is 29.3 Å². The lowest BCUT2D eigenvalue weighted by atomic mass is 9.90. The molecule has 0 spiro atoms.